The Labute approximate surface area is 186 Å². The number of piperidine rings is 1. The first-order valence-electron chi connectivity index (χ1n) is 11.2. The number of nitrogens with zero attached hydrogens (tertiary/aromatic N) is 2. The largest absolute Gasteiger partial charge is 0.497 e. The second kappa shape index (κ2) is 11.6. The van der Waals surface area contributed by atoms with E-state index in [-0.39, 0.29) is 6.10 Å². The van der Waals surface area contributed by atoms with Crippen molar-refractivity contribution in [3.63, 3.8) is 0 Å². The van der Waals surface area contributed by atoms with Crippen LogP contribution in [0.15, 0.2) is 59.6 Å². The van der Waals surface area contributed by atoms with E-state index in [0.717, 1.165) is 43.4 Å². The molecule has 1 aliphatic heterocycles. The van der Waals surface area contributed by atoms with Gasteiger partial charge in [0.05, 0.1) is 13.7 Å². The van der Waals surface area contributed by atoms with Crippen LogP contribution in [0.3, 0.4) is 0 Å². The molecule has 2 N–H and O–H groups in total. The number of benzene rings is 2. The van der Waals surface area contributed by atoms with E-state index in [0.29, 0.717) is 18.6 Å². The lowest BCUT2D eigenvalue weighted by Crippen LogP contribution is -2.50. The van der Waals surface area contributed by atoms with Crippen molar-refractivity contribution < 1.29 is 9.47 Å². The average Bonchev–Trinajstić information content (AvgIpc) is 2.82. The van der Waals surface area contributed by atoms with E-state index in [9.17, 15) is 0 Å². The fourth-order valence-electron chi connectivity index (χ4n) is 3.93. The van der Waals surface area contributed by atoms with Crippen LogP contribution < -0.4 is 20.1 Å². The molecule has 6 nitrogen and oxygen atoms in total. The summed E-state index contributed by atoms with van der Waals surface area (Å²) in [4.78, 5) is 6.96. The highest BCUT2D eigenvalue weighted by atomic mass is 16.5. The number of hydrogen-bond acceptors (Lipinski definition) is 4. The van der Waals surface area contributed by atoms with Crippen molar-refractivity contribution in [1.82, 2.24) is 15.5 Å². The summed E-state index contributed by atoms with van der Waals surface area (Å²) in [6.45, 7) is 7.20. The Morgan fingerprint density at radius 1 is 1.03 bits per heavy atom. The average molecular weight is 425 g/mol. The Hall–Kier alpha value is -2.73. The molecule has 1 saturated heterocycles. The zero-order valence-electron chi connectivity index (χ0n) is 19.2. The molecule has 2 unspecified atom stereocenters. The van der Waals surface area contributed by atoms with E-state index in [1.165, 1.54) is 5.56 Å². The molecular formula is C25H36N4O2. The van der Waals surface area contributed by atoms with Crippen LogP contribution in [-0.2, 0) is 0 Å². The van der Waals surface area contributed by atoms with Gasteiger partial charge in [-0.25, -0.2) is 0 Å². The maximum atomic E-state index is 5.97. The molecule has 6 heteroatoms. The summed E-state index contributed by atoms with van der Waals surface area (Å²) in [5, 5.41) is 6.97. The summed E-state index contributed by atoms with van der Waals surface area (Å²) >= 11 is 0. The minimum atomic E-state index is 0.0144. The summed E-state index contributed by atoms with van der Waals surface area (Å²) in [7, 11) is 3.48. The van der Waals surface area contributed by atoms with Gasteiger partial charge in [-0.05, 0) is 56.5 Å². The summed E-state index contributed by atoms with van der Waals surface area (Å²) in [5.41, 5.74) is 1.39. The number of guanidine groups is 1. The zero-order chi connectivity index (χ0) is 22.1. The van der Waals surface area contributed by atoms with Crippen molar-refractivity contribution in [1.29, 1.82) is 0 Å². The minimum Gasteiger partial charge on any atom is -0.497 e. The van der Waals surface area contributed by atoms with E-state index in [1.807, 2.05) is 38.2 Å². The van der Waals surface area contributed by atoms with Crippen LogP contribution in [0.2, 0.25) is 0 Å². The van der Waals surface area contributed by atoms with Gasteiger partial charge >= 0.3 is 0 Å². The molecule has 0 aliphatic carbocycles. The molecule has 168 valence electrons. The summed E-state index contributed by atoms with van der Waals surface area (Å²) in [5.74, 6) is 2.49. The summed E-state index contributed by atoms with van der Waals surface area (Å²) in [6.07, 6.45) is 2.23. The van der Waals surface area contributed by atoms with Crippen molar-refractivity contribution in [3.8, 4) is 11.5 Å². The number of rotatable bonds is 8. The van der Waals surface area contributed by atoms with E-state index >= 15 is 0 Å². The van der Waals surface area contributed by atoms with Gasteiger partial charge in [-0.15, -0.1) is 0 Å². The molecule has 1 heterocycles. The second-order valence-electron chi connectivity index (χ2n) is 8.10. The van der Waals surface area contributed by atoms with Crippen LogP contribution >= 0.6 is 0 Å². The van der Waals surface area contributed by atoms with Gasteiger partial charge in [-0.3, -0.25) is 9.89 Å². The topological polar surface area (TPSA) is 58.1 Å². The van der Waals surface area contributed by atoms with Crippen LogP contribution in [0.5, 0.6) is 11.5 Å². The van der Waals surface area contributed by atoms with Gasteiger partial charge in [0.1, 0.15) is 17.6 Å². The van der Waals surface area contributed by atoms with Gasteiger partial charge in [0, 0.05) is 32.2 Å². The van der Waals surface area contributed by atoms with Gasteiger partial charge in [0.2, 0.25) is 0 Å². The van der Waals surface area contributed by atoms with Crippen LogP contribution in [-0.4, -0.2) is 56.8 Å². The maximum Gasteiger partial charge on any atom is 0.191 e. The predicted molar refractivity (Wildman–Crippen MR) is 127 cm³/mol. The lowest BCUT2D eigenvalue weighted by Gasteiger charge is -2.37. The highest BCUT2D eigenvalue weighted by Crippen LogP contribution is 2.24. The number of methoxy groups -OCH3 is 1. The van der Waals surface area contributed by atoms with E-state index < -0.39 is 0 Å². The fourth-order valence-corrected chi connectivity index (χ4v) is 3.93. The minimum absolute atomic E-state index is 0.0144. The molecule has 2 atom stereocenters. The molecule has 1 aliphatic rings. The molecule has 3 rings (SSSR count). The highest BCUT2D eigenvalue weighted by molar-refractivity contribution is 5.80. The van der Waals surface area contributed by atoms with Crippen molar-refractivity contribution in [2.24, 2.45) is 4.99 Å². The molecule has 2 aromatic carbocycles. The van der Waals surface area contributed by atoms with Gasteiger partial charge in [-0.2, -0.15) is 0 Å². The van der Waals surface area contributed by atoms with Crippen molar-refractivity contribution in [3.05, 3.63) is 60.2 Å². The zero-order valence-corrected chi connectivity index (χ0v) is 19.2. The summed E-state index contributed by atoms with van der Waals surface area (Å²) in [6, 6.07) is 19.3. The van der Waals surface area contributed by atoms with E-state index in [4.69, 9.17) is 9.47 Å². The van der Waals surface area contributed by atoms with Crippen LogP contribution in [0.1, 0.15) is 38.3 Å². The Morgan fingerprint density at radius 3 is 2.29 bits per heavy atom. The summed E-state index contributed by atoms with van der Waals surface area (Å²) < 4.78 is 11.2. The Kier molecular flexibility index (Phi) is 8.59. The Morgan fingerprint density at radius 2 is 1.68 bits per heavy atom. The predicted octanol–water partition coefficient (Wildman–Crippen LogP) is 3.85. The number of likely N-dealkylation sites (tertiary alicyclic amines) is 1. The first kappa shape index (κ1) is 22.9. The lowest BCUT2D eigenvalue weighted by atomic mass is 10.0. The molecular weight excluding hydrogens is 388 g/mol. The van der Waals surface area contributed by atoms with E-state index in [1.54, 1.807) is 7.11 Å². The Balaban J connectivity index is 1.40. The molecule has 1 fully saturated rings. The first-order chi connectivity index (χ1) is 15.1. The molecule has 0 radical (unpaired) electrons. The number of hydrogen-bond donors (Lipinski definition) is 2. The maximum absolute atomic E-state index is 5.97. The van der Waals surface area contributed by atoms with Crippen LogP contribution in [0, 0.1) is 0 Å². The smallest absolute Gasteiger partial charge is 0.191 e. The fraction of sp³-hybridized carbons (Fsp3) is 0.480. The quantitative estimate of drug-likeness (QED) is 0.498. The third-order valence-electron chi connectivity index (χ3n) is 5.88. The Bertz CT molecular complexity index is 802. The SMILES string of the molecule is CN=C(NCC(C)Oc1ccc(OC)cc1)NC1CCN(C(C)c2ccccc2)CC1. The molecule has 2 aromatic rings. The van der Waals surface area contributed by atoms with Crippen molar-refractivity contribution in [2.75, 3.05) is 33.8 Å². The number of ether oxygens (including phenoxy) is 2. The molecule has 0 spiro atoms. The van der Waals surface area contributed by atoms with Crippen molar-refractivity contribution in [2.45, 2.75) is 44.9 Å². The lowest BCUT2D eigenvalue weighted by molar-refractivity contribution is 0.158. The van der Waals surface area contributed by atoms with E-state index in [2.05, 4.69) is 57.8 Å². The van der Waals surface area contributed by atoms with Gasteiger partial charge in [0.25, 0.3) is 0 Å². The highest BCUT2D eigenvalue weighted by Gasteiger charge is 2.24. The first-order valence-corrected chi connectivity index (χ1v) is 11.2. The number of aliphatic imine (C=N–C) groups is 1. The third kappa shape index (κ3) is 6.89. The van der Waals surface area contributed by atoms with Crippen LogP contribution in [0.4, 0.5) is 0 Å². The molecule has 0 amide bonds. The van der Waals surface area contributed by atoms with Crippen molar-refractivity contribution >= 4 is 5.96 Å². The molecule has 31 heavy (non-hydrogen) atoms. The van der Waals surface area contributed by atoms with Gasteiger partial charge in [0.15, 0.2) is 5.96 Å². The van der Waals surface area contributed by atoms with Crippen LogP contribution in [0.25, 0.3) is 0 Å². The molecule has 0 aromatic heterocycles. The molecule has 0 saturated carbocycles. The molecule has 0 bridgehead atoms. The second-order valence-corrected chi connectivity index (χ2v) is 8.10. The third-order valence-corrected chi connectivity index (χ3v) is 5.88. The normalized spacial score (nSPS) is 17.6. The van der Waals surface area contributed by atoms with Gasteiger partial charge in [-0.1, -0.05) is 30.3 Å². The van der Waals surface area contributed by atoms with Gasteiger partial charge < -0.3 is 20.1 Å². The monoisotopic (exact) mass is 424 g/mol. The number of nitrogens with one attached hydrogen (secondary N) is 2. The standard InChI is InChI=1S/C25H36N4O2/c1-19(31-24-12-10-23(30-4)11-13-24)18-27-25(26-3)28-22-14-16-29(17-15-22)20(2)21-8-6-5-7-9-21/h5-13,19-20,22H,14-18H2,1-4H3,(H2,26,27,28).